The molecule has 0 saturated heterocycles. The van der Waals surface area contributed by atoms with E-state index in [1.165, 1.54) is 6.07 Å². The molecule has 0 fully saturated rings. The van der Waals surface area contributed by atoms with Gasteiger partial charge in [0.25, 0.3) is 0 Å². The van der Waals surface area contributed by atoms with Gasteiger partial charge in [-0.25, -0.2) is 0 Å². The Hall–Kier alpha value is -1.26. The molecular weight excluding hydrogens is 241 g/mol. The van der Waals surface area contributed by atoms with Crippen molar-refractivity contribution in [2.24, 2.45) is 5.16 Å². The van der Waals surface area contributed by atoms with Crippen LogP contribution in [-0.2, 0) is 4.79 Å². The molecule has 80 valence electrons. The molecule has 2 N–H and O–H groups in total. The summed E-state index contributed by atoms with van der Waals surface area (Å²) in [6, 6.07) is 4.69. The minimum atomic E-state index is -1.11. The van der Waals surface area contributed by atoms with Gasteiger partial charge in [0.2, 0.25) is 0 Å². The molecule has 15 heavy (non-hydrogen) atoms. The zero-order valence-corrected chi connectivity index (χ0v) is 8.96. The van der Waals surface area contributed by atoms with Crippen LogP contribution in [0.3, 0.4) is 0 Å². The highest BCUT2D eigenvalue weighted by molar-refractivity contribution is 6.44. The number of halogens is 2. The predicted molar refractivity (Wildman–Crippen MR) is 57.0 cm³/mol. The van der Waals surface area contributed by atoms with Gasteiger partial charge in [-0.15, -0.1) is 0 Å². The number of carboxylic acid groups (broad SMARTS) is 1. The first-order valence-electron chi connectivity index (χ1n) is 3.93. The number of oxime groups is 1. The normalized spacial score (nSPS) is 11.5. The van der Waals surface area contributed by atoms with Crippen LogP contribution in [0.15, 0.2) is 23.4 Å². The molecule has 0 aromatic heterocycles. The summed E-state index contributed by atoms with van der Waals surface area (Å²) in [6.07, 6.45) is -0.420. The van der Waals surface area contributed by atoms with Crippen molar-refractivity contribution in [3.63, 3.8) is 0 Å². The van der Waals surface area contributed by atoms with Crippen LogP contribution in [0.25, 0.3) is 0 Å². The Labute approximate surface area is 95.7 Å². The second-order valence-electron chi connectivity index (χ2n) is 2.72. The fourth-order valence-electron chi connectivity index (χ4n) is 1.05. The van der Waals surface area contributed by atoms with Crippen molar-refractivity contribution in [1.82, 2.24) is 0 Å². The van der Waals surface area contributed by atoms with Crippen molar-refractivity contribution >= 4 is 34.9 Å². The van der Waals surface area contributed by atoms with Gasteiger partial charge in [0.05, 0.1) is 22.2 Å². The Balaban J connectivity index is 3.14. The van der Waals surface area contributed by atoms with E-state index in [1.807, 2.05) is 0 Å². The molecule has 0 aliphatic carbocycles. The van der Waals surface area contributed by atoms with Crippen LogP contribution in [0, 0.1) is 0 Å². The van der Waals surface area contributed by atoms with E-state index in [9.17, 15) is 4.79 Å². The minimum Gasteiger partial charge on any atom is -0.481 e. The first-order valence-corrected chi connectivity index (χ1v) is 4.69. The lowest BCUT2D eigenvalue weighted by Crippen LogP contribution is -2.09. The van der Waals surface area contributed by atoms with Gasteiger partial charge in [-0.05, 0) is 6.07 Å². The van der Waals surface area contributed by atoms with Crippen LogP contribution in [0.2, 0.25) is 10.0 Å². The van der Waals surface area contributed by atoms with E-state index in [2.05, 4.69) is 5.16 Å². The minimum absolute atomic E-state index is 0.0324. The number of nitrogens with zero attached hydrogens (tertiary/aromatic N) is 1. The standard InChI is InChI=1S/C9H7Cl2NO3/c10-6-3-1-2-5(9(6)11)7(12-15)4-8(13)14/h1-3,15H,4H2,(H,13,14)/b12-7-. The molecule has 6 heteroatoms. The highest BCUT2D eigenvalue weighted by Crippen LogP contribution is 2.26. The Morgan fingerprint density at radius 3 is 2.60 bits per heavy atom. The van der Waals surface area contributed by atoms with Gasteiger partial charge in [-0.1, -0.05) is 40.5 Å². The molecule has 1 rings (SSSR count). The Kier molecular flexibility index (Phi) is 3.94. The number of benzene rings is 1. The lowest BCUT2D eigenvalue weighted by Gasteiger charge is -2.05. The van der Waals surface area contributed by atoms with Crippen molar-refractivity contribution < 1.29 is 15.1 Å². The van der Waals surface area contributed by atoms with Crippen LogP contribution in [0.5, 0.6) is 0 Å². The zero-order valence-electron chi connectivity index (χ0n) is 7.44. The summed E-state index contributed by atoms with van der Waals surface area (Å²) in [5, 5.41) is 20.6. The van der Waals surface area contributed by atoms with Crippen LogP contribution in [0.4, 0.5) is 0 Å². The number of hydrogen-bond donors (Lipinski definition) is 2. The van der Waals surface area contributed by atoms with Crippen molar-refractivity contribution in [2.45, 2.75) is 6.42 Å². The second kappa shape index (κ2) is 5.00. The first kappa shape index (κ1) is 11.8. The maximum atomic E-state index is 10.5. The third-order valence-electron chi connectivity index (χ3n) is 1.70. The van der Waals surface area contributed by atoms with Gasteiger partial charge in [-0.3, -0.25) is 4.79 Å². The largest absolute Gasteiger partial charge is 0.481 e. The molecule has 0 unspecified atom stereocenters. The number of hydrogen-bond acceptors (Lipinski definition) is 3. The summed E-state index contributed by atoms with van der Waals surface area (Å²) in [5.74, 6) is -1.11. The molecule has 0 heterocycles. The number of aliphatic carboxylic acids is 1. The summed E-state index contributed by atoms with van der Waals surface area (Å²) in [4.78, 5) is 10.5. The molecule has 0 saturated carbocycles. The topological polar surface area (TPSA) is 69.9 Å². The fourth-order valence-corrected chi connectivity index (χ4v) is 1.46. The lowest BCUT2D eigenvalue weighted by atomic mass is 10.1. The average Bonchev–Trinajstić information content (AvgIpc) is 2.19. The summed E-state index contributed by atoms with van der Waals surface area (Å²) in [6.45, 7) is 0. The molecule has 0 aliphatic heterocycles. The molecule has 0 spiro atoms. The van der Waals surface area contributed by atoms with Gasteiger partial charge < -0.3 is 10.3 Å². The van der Waals surface area contributed by atoms with Crippen molar-refractivity contribution in [3.05, 3.63) is 33.8 Å². The predicted octanol–water partition coefficient (Wildman–Crippen LogP) is 2.65. The van der Waals surface area contributed by atoms with E-state index in [0.717, 1.165) is 0 Å². The second-order valence-corrected chi connectivity index (χ2v) is 3.50. The maximum Gasteiger partial charge on any atom is 0.309 e. The van der Waals surface area contributed by atoms with Gasteiger partial charge in [0.15, 0.2) is 0 Å². The first-order chi connectivity index (χ1) is 7.06. The summed E-state index contributed by atoms with van der Waals surface area (Å²) in [7, 11) is 0. The van der Waals surface area contributed by atoms with E-state index in [0.29, 0.717) is 5.56 Å². The van der Waals surface area contributed by atoms with E-state index >= 15 is 0 Å². The highest BCUT2D eigenvalue weighted by Gasteiger charge is 2.14. The molecular formula is C9H7Cl2NO3. The Bertz CT molecular complexity index is 418. The summed E-state index contributed by atoms with van der Waals surface area (Å²) >= 11 is 11.6. The molecule has 0 bridgehead atoms. The molecule has 4 nitrogen and oxygen atoms in total. The molecule has 1 aromatic carbocycles. The van der Waals surface area contributed by atoms with E-state index in [-0.39, 0.29) is 15.8 Å². The monoisotopic (exact) mass is 247 g/mol. The van der Waals surface area contributed by atoms with E-state index in [1.54, 1.807) is 12.1 Å². The molecule has 0 aliphatic rings. The average molecular weight is 248 g/mol. The van der Waals surface area contributed by atoms with Crippen molar-refractivity contribution in [1.29, 1.82) is 0 Å². The van der Waals surface area contributed by atoms with E-state index < -0.39 is 12.4 Å². The Morgan fingerprint density at radius 1 is 1.40 bits per heavy atom. The number of rotatable bonds is 3. The van der Waals surface area contributed by atoms with Crippen LogP contribution in [0.1, 0.15) is 12.0 Å². The van der Waals surface area contributed by atoms with Crippen LogP contribution < -0.4 is 0 Å². The summed E-state index contributed by atoms with van der Waals surface area (Å²) in [5.41, 5.74) is 0.282. The zero-order chi connectivity index (χ0) is 11.4. The summed E-state index contributed by atoms with van der Waals surface area (Å²) < 4.78 is 0. The van der Waals surface area contributed by atoms with Gasteiger partial charge in [0, 0.05) is 5.56 Å². The fraction of sp³-hybridized carbons (Fsp3) is 0.111. The lowest BCUT2D eigenvalue weighted by molar-refractivity contribution is -0.135. The third-order valence-corrected chi connectivity index (χ3v) is 2.52. The number of carboxylic acids is 1. The Morgan fingerprint density at radius 2 is 2.07 bits per heavy atom. The SMILES string of the molecule is O=C(O)C/C(=N/O)c1cccc(Cl)c1Cl. The van der Waals surface area contributed by atoms with Crippen molar-refractivity contribution in [3.8, 4) is 0 Å². The van der Waals surface area contributed by atoms with E-state index in [4.69, 9.17) is 33.5 Å². The third kappa shape index (κ3) is 2.84. The molecule has 1 aromatic rings. The van der Waals surface area contributed by atoms with Crippen LogP contribution >= 0.6 is 23.2 Å². The maximum absolute atomic E-state index is 10.5. The molecule has 0 atom stereocenters. The van der Waals surface area contributed by atoms with Crippen LogP contribution in [-0.4, -0.2) is 22.0 Å². The van der Waals surface area contributed by atoms with Crippen molar-refractivity contribution in [2.75, 3.05) is 0 Å². The molecule has 0 radical (unpaired) electrons. The van der Waals surface area contributed by atoms with Gasteiger partial charge >= 0.3 is 5.97 Å². The van der Waals surface area contributed by atoms with Gasteiger partial charge in [-0.2, -0.15) is 0 Å². The quantitative estimate of drug-likeness (QED) is 0.490. The molecule has 0 amide bonds. The van der Waals surface area contributed by atoms with Gasteiger partial charge in [0.1, 0.15) is 0 Å². The highest BCUT2D eigenvalue weighted by atomic mass is 35.5. The smallest absolute Gasteiger partial charge is 0.309 e. The number of carbonyl (C=O) groups is 1.